The highest BCUT2D eigenvalue weighted by Crippen LogP contribution is 2.28. The third-order valence-electron chi connectivity index (χ3n) is 3.11. The maximum absolute atomic E-state index is 12.2. The molecule has 0 saturated carbocycles. The topological polar surface area (TPSA) is 72.2 Å². The summed E-state index contributed by atoms with van der Waals surface area (Å²) in [7, 11) is 0. The number of carbonyl (C=O) groups excluding carboxylic acids is 1. The van der Waals surface area contributed by atoms with E-state index in [4.69, 9.17) is 11.6 Å². The van der Waals surface area contributed by atoms with Crippen molar-refractivity contribution in [3.63, 3.8) is 0 Å². The van der Waals surface area contributed by atoms with Crippen molar-refractivity contribution in [3.05, 3.63) is 63.2 Å². The highest BCUT2D eigenvalue weighted by atomic mass is 35.5. The number of hydrogen-bond donors (Lipinski definition) is 1. The molecule has 0 saturated heterocycles. The molecule has 23 heavy (non-hydrogen) atoms. The molecule has 2 aromatic carbocycles. The molecular weight excluding hydrogens is 336 g/mol. The van der Waals surface area contributed by atoms with Gasteiger partial charge in [-0.25, -0.2) is 0 Å². The van der Waals surface area contributed by atoms with Gasteiger partial charge in [0.15, 0.2) is 0 Å². The summed E-state index contributed by atoms with van der Waals surface area (Å²) in [6.07, 6.45) is 0. The molecule has 0 heterocycles. The highest BCUT2D eigenvalue weighted by molar-refractivity contribution is 8.00. The first-order valence-corrected chi connectivity index (χ1v) is 8.10. The Kier molecular flexibility index (Phi) is 5.63. The zero-order chi connectivity index (χ0) is 17.0. The van der Waals surface area contributed by atoms with Crippen LogP contribution in [-0.2, 0) is 4.79 Å². The summed E-state index contributed by atoms with van der Waals surface area (Å²) in [4.78, 5) is 23.5. The van der Waals surface area contributed by atoms with Crippen LogP contribution in [0.3, 0.4) is 0 Å². The summed E-state index contributed by atoms with van der Waals surface area (Å²) in [5.41, 5.74) is 1.27. The fraction of sp³-hybridized carbons (Fsp3) is 0.188. The zero-order valence-corrected chi connectivity index (χ0v) is 14.1. The van der Waals surface area contributed by atoms with Crippen molar-refractivity contribution in [2.24, 2.45) is 0 Å². The Labute approximate surface area is 143 Å². The molecule has 120 valence electrons. The molecule has 0 radical (unpaired) electrons. The van der Waals surface area contributed by atoms with E-state index in [0.29, 0.717) is 5.69 Å². The largest absolute Gasteiger partial charge is 0.325 e. The number of nitrogens with one attached hydrogen (secondary N) is 1. The zero-order valence-electron chi connectivity index (χ0n) is 12.6. The van der Waals surface area contributed by atoms with Crippen LogP contribution in [0.25, 0.3) is 0 Å². The van der Waals surface area contributed by atoms with Crippen LogP contribution in [0.2, 0.25) is 5.02 Å². The lowest BCUT2D eigenvalue weighted by Crippen LogP contribution is -2.22. The molecule has 0 spiro atoms. The summed E-state index contributed by atoms with van der Waals surface area (Å²) < 4.78 is 0. The van der Waals surface area contributed by atoms with E-state index in [1.54, 1.807) is 6.92 Å². The van der Waals surface area contributed by atoms with E-state index in [1.165, 1.54) is 30.0 Å². The van der Waals surface area contributed by atoms with Crippen LogP contribution in [0, 0.1) is 17.0 Å². The van der Waals surface area contributed by atoms with Crippen LogP contribution >= 0.6 is 23.4 Å². The molecular formula is C16H15ClN2O3S. The molecule has 5 nitrogen and oxygen atoms in total. The normalized spacial score (nSPS) is 11.8. The van der Waals surface area contributed by atoms with E-state index in [-0.39, 0.29) is 21.9 Å². The van der Waals surface area contributed by atoms with Crippen LogP contribution in [0.5, 0.6) is 0 Å². The first-order valence-electron chi connectivity index (χ1n) is 6.85. The number of thioether (sulfide) groups is 1. The van der Waals surface area contributed by atoms with Gasteiger partial charge in [-0.15, -0.1) is 11.8 Å². The molecule has 7 heteroatoms. The second-order valence-corrected chi connectivity index (χ2v) is 6.81. The van der Waals surface area contributed by atoms with E-state index in [0.717, 1.165) is 10.5 Å². The number of nitro groups is 1. The monoisotopic (exact) mass is 350 g/mol. The van der Waals surface area contributed by atoms with E-state index in [9.17, 15) is 14.9 Å². The van der Waals surface area contributed by atoms with Crippen LogP contribution in [0.1, 0.15) is 12.5 Å². The molecule has 0 aliphatic heterocycles. The Hall–Kier alpha value is -2.05. The Morgan fingerprint density at radius 3 is 2.52 bits per heavy atom. The van der Waals surface area contributed by atoms with Crippen molar-refractivity contribution in [3.8, 4) is 0 Å². The molecule has 0 aliphatic carbocycles. The van der Waals surface area contributed by atoms with Gasteiger partial charge >= 0.3 is 0 Å². The van der Waals surface area contributed by atoms with E-state index >= 15 is 0 Å². The number of aryl methyl sites for hydroxylation is 1. The fourth-order valence-electron chi connectivity index (χ4n) is 1.85. The minimum atomic E-state index is -0.581. The van der Waals surface area contributed by atoms with E-state index < -0.39 is 4.92 Å². The van der Waals surface area contributed by atoms with Crippen molar-refractivity contribution in [1.82, 2.24) is 0 Å². The molecule has 0 aliphatic rings. The third-order valence-corrected chi connectivity index (χ3v) is 4.55. The Morgan fingerprint density at radius 1 is 1.26 bits per heavy atom. The van der Waals surface area contributed by atoms with Crippen LogP contribution in [0.4, 0.5) is 11.4 Å². The average Bonchev–Trinajstić information content (AvgIpc) is 2.51. The molecule has 0 bridgehead atoms. The van der Waals surface area contributed by atoms with Crippen molar-refractivity contribution in [1.29, 1.82) is 0 Å². The quantitative estimate of drug-likeness (QED) is 0.483. The number of anilines is 1. The molecule has 0 fully saturated rings. The van der Waals surface area contributed by atoms with Crippen molar-refractivity contribution < 1.29 is 9.72 Å². The summed E-state index contributed by atoms with van der Waals surface area (Å²) in [6.45, 7) is 3.78. The van der Waals surface area contributed by atoms with Crippen LogP contribution in [0.15, 0.2) is 47.4 Å². The lowest BCUT2D eigenvalue weighted by atomic mass is 10.2. The Morgan fingerprint density at radius 2 is 1.91 bits per heavy atom. The van der Waals surface area contributed by atoms with Gasteiger partial charge in [0.25, 0.3) is 5.69 Å². The Balaban J connectivity index is 2.04. The summed E-state index contributed by atoms with van der Waals surface area (Å²) in [6, 6.07) is 12.1. The van der Waals surface area contributed by atoms with Gasteiger partial charge in [-0.2, -0.15) is 0 Å². The lowest BCUT2D eigenvalue weighted by Gasteiger charge is -2.12. The minimum absolute atomic E-state index is 0.0371. The molecule has 1 amide bonds. The van der Waals surface area contributed by atoms with Gasteiger partial charge in [0, 0.05) is 16.6 Å². The highest BCUT2D eigenvalue weighted by Gasteiger charge is 2.17. The van der Waals surface area contributed by atoms with Crippen LogP contribution < -0.4 is 5.32 Å². The summed E-state index contributed by atoms with van der Waals surface area (Å²) >= 11 is 7.17. The molecule has 2 aromatic rings. The van der Waals surface area contributed by atoms with Gasteiger partial charge in [0.1, 0.15) is 5.02 Å². The predicted octanol–water partition coefficient (Wildman–Crippen LogP) is 4.68. The first kappa shape index (κ1) is 17.3. The number of carbonyl (C=O) groups is 1. The number of halogens is 1. The number of benzene rings is 2. The first-order chi connectivity index (χ1) is 10.9. The second-order valence-electron chi connectivity index (χ2n) is 4.99. The SMILES string of the molecule is Cc1ccc(SC(C)C(=O)Nc2ccc(Cl)c([N+](=O)[O-])c2)cc1. The Bertz CT molecular complexity index is 735. The van der Waals surface area contributed by atoms with Gasteiger partial charge < -0.3 is 5.32 Å². The van der Waals surface area contributed by atoms with Crippen molar-refractivity contribution >= 4 is 40.6 Å². The van der Waals surface area contributed by atoms with Crippen molar-refractivity contribution in [2.45, 2.75) is 24.0 Å². The molecule has 1 unspecified atom stereocenters. The summed E-state index contributed by atoms with van der Waals surface area (Å²) in [5.74, 6) is -0.229. The van der Waals surface area contributed by atoms with Crippen molar-refractivity contribution in [2.75, 3.05) is 5.32 Å². The lowest BCUT2D eigenvalue weighted by molar-refractivity contribution is -0.384. The second kappa shape index (κ2) is 7.48. The molecule has 0 aromatic heterocycles. The third kappa shape index (κ3) is 4.71. The van der Waals surface area contributed by atoms with Gasteiger partial charge in [-0.3, -0.25) is 14.9 Å². The number of rotatable bonds is 5. The summed E-state index contributed by atoms with van der Waals surface area (Å²) in [5, 5.41) is 13.2. The van der Waals surface area contributed by atoms with Gasteiger partial charge in [-0.05, 0) is 38.1 Å². The smallest absolute Gasteiger partial charge is 0.289 e. The fourth-order valence-corrected chi connectivity index (χ4v) is 2.90. The average molecular weight is 351 g/mol. The minimum Gasteiger partial charge on any atom is -0.325 e. The van der Waals surface area contributed by atoms with E-state index in [2.05, 4.69) is 5.32 Å². The number of nitrogens with zero attached hydrogens (tertiary/aromatic N) is 1. The molecule has 2 rings (SSSR count). The van der Waals surface area contributed by atoms with E-state index in [1.807, 2.05) is 31.2 Å². The predicted molar refractivity (Wildman–Crippen MR) is 93.2 cm³/mol. The maximum atomic E-state index is 12.2. The van der Waals surface area contributed by atoms with Gasteiger partial charge in [0.2, 0.25) is 5.91 Å². The van der Waals surface area contributed by atoms with Crippen LogP contribution in [-0.4, -0.2) is 16.1 Å². The number of hydrogen-bond acceptors (Lipinski definition) is 4. The number of amides is 1. The number of nitro benzene ring substituents is 1. The standard InChI is InChI=1S/C16H15ClN2O3S/c1-10-3-6-13(7-4-10)23-11(2)16(20)18-12-5-8-14(17)15(9-12)19(21)22/h3-9,11H,1-2H3,(H,18,20). The molecule has 1 N–H and O–H groups in total. The van der Waals surface area contributed by atoms with Gasteiger partial charge in [0.05, 0.1) is 10.2 Å². The van der Waals surface area contributed by atoms with Gasteiger partial charge in [-0.1, -0.05) is 29.3 Å². The molecule has 1 atom stereocenters. The maximum Gasteiger partial charge on any atom is 0.289 e.